The van der Waals surface area contributed by atoms with E-state index in [9.17, 15) is 35.4 Å². The van der Waals surface area contributed by atoms with Gasteiger partial charge >= 0.3 is 0 Å². The van der Waals surface area contributed by atoms with Crippen molar-refractivity contribution in [2.45, 2.75) is 151 Å². The van der Waals surface area contributed by atoms with E-state index in [0.717, 1.165) is 81.6 Å². The lowest BCUT2D eigenvalue weighted by atomic mass is 9.50. The minimum absolute atomic E-state index is 0.00458. The molecule has 14 heteroatoms. The monoisotopic (exact) mass is 935 g/mol. The Bertz CT molecular complexity index is 3090. The molecular weight excluding hydrogens is 879 g/mol. The van der Waals surface area contributed by atoms with E-state index in [1.54, 1.807) is 31.3 Å². The first-order valence-electron chi connectivity index (χ1n) is 25.2. The van der Waals surface area contributed by atoms with Crippen LogP contribution >= 0.6 is 0 Å². The third-order valence-electron chi connectivity index (χ3n) is 19.7. The molecule has 15 rings (SSSR count). The summed E-state index contributed by atoms with van der Waals surface area (Å²) in [5.41, 5.74) is -0.400. The van der Waals surface area contributed by atoms with Crippen molar-refractivity contribution < 1.29 is 54.5 Å². The number of fused-ring (bicyclic) bond motifs is 7. The molecule has 1 saturated heterocycles. The number of ketones is 2. The molecule has 358 valence electrons. The molecule has 69 heavy (non-hydrogen) atoms. The van der Waals surface area contributed by atoms with Crippen LogP contribution in [0.1, 0.15) is 150 Å². The average Bonchev–Trinajstić information content (AvgIpc) is 4.19. The number of benzene rings is 2. The molecule has 2 aromatic carbocycles. The first-order valence-corrected chi connectivity index (χ1v) is 25.2. The van der Waals surface area contributed by atoms with Crippen molar-refractivity contribution in [2.24, 2.45) is 21.7 Å². The maximum Gasteiger partial charge on any atom is 0.261 e. The summed E-state index contributed by atoms with van der Waals surface area (Å²) in [5, 5.41) is 81.5. The number of H-pyrrole nitrogens is 1. The maximum atomic E-state index is 15.1. The summed E-state index contributed by atoms with van der Waals surface area (Å²) in [4.78, 5) is 50.8. The van der Waals surface area contributed by atoms with Crippen LogP contribution in [0.25, 0.3) is 16.3 Å². The highest BCUT2D eigenvalue weighted by Crippen LogP contribution is 2.76. The van der Waals surface area contributed by atoms with Crippen molar-refractivity contribution in [3.63, 3.8) is 0 Å². The number of phenolic OH excluding ortho intramolecular Hbond substituents is 1. The van der Waals surface area contributed by atoms with Gasteiger partial charge in [-0.05, 0) is 146 Å². The Labute approximate surface area is 397 Å². The fraction of sp³-hybridized carbons (Fsp3) is 0.527. The van der Waals surface area contributed by atoms with E-state index < -0.39 is 70.1 Å². The van der Waals surface area contributed by atoms with E-state index in [1.807, 2.05) is 6.07 Å². The summed E-state index contributed by atoms with van der Waals surface area (Å²) in [6, 6.07) is 8.16. The molecule has 0 amide bonds. The van der Waals surface area contributed by atoms with Gasteiger partial charge in [-0.15, -0.1) is 0 Å². The largest absolute Gasteiger partial charge is 0.507 e. The van der Waals surface area contributed by atoms with Crippen LogP contribution in [-0.2, 0) is 16.0 Å². The number of aliphatic hydroxyl groups is 5. The smallest absolute Gasteiger partial charge is 0.261 e. The topological polar surface area (TPSA) is 232 Å². The van der Waals surface area contributed by atoms with E-state index in [-0.39, 0.29) is 57.7 Å². The van der Waals surface area contributed by atoms with E-state index >= 15 is 9.59 Å². The highest BCUT2D eigenvalue weighted by Gasteiger charge is 2.77. The number of rotatable bonds is 2. The number of nitrogens with zero attached hydrogens (tertiary/aromatic N) is 1. The number of hydrogen-bond donors (Lipinski definition) is 8. The van der Waals surface area contributed by atoms with Crippen LogP contribution in [0.15, 0.2) is 53.8 Å². The molecule has 4 aromatic rings. The van der Waals surface area contributed by atoms with Crippen LogP contribution in [0.3, 0.4) is 0 Å². The molecule has 6 spiro atoms. The molecule has 6 heterocycles. The summed E-state index contributed by atoms with van der Waals surface area (Å²) < 4.78 is 14.6. The molecule has 8 bridgehead atoms. The molecule has 7 aliphatic carbocycles. The molecule has 2 aromatic heterocycles. The molecule has 5 fully saturated rings. The fourth-order valence-corrected chi connectivity index (χ4v) is 17.1. The van der Waals surface area contributed by atoms with Gasteiger partial charge in [0.1, 0.15) is 35.8 Å². The second-order valence-corrected chi connectivity index (χ2v) is 23.2. The summed E-state index contributed by atoms with van der Waals surface area (Å²) in [7, 11) is 0. The first kappa shape index (κ1) is 42.6. The van der Waals surface area contributed by atoms with Crippen LogP contribution in [0, 0.1) is 28.6 Å². The zero-order valence-corrected chi connectivity index (χ0v) is 38.6. The molecule has 0 radical (unpaired) electrons. The normalized spacial score (nSPS) is 37.2. The zero-order valence-electron chi connectivity index (χ0n) is 38.6. The number of hydrogen-bond acceptors (Lipinski definition) is 13. The number of pyridine rings is 1. The number of phenols is 1. The van der Waals surface area contributed by atoms with E-state index in [2.05, 4.69) is 10.3 Å². The quantitative estimate of drug-likeness (QED) is 0.0933. The Morgan fingerprint density at radius 2 is 1.62 bits per heavy atom. The number of aliphatic hydroxyl groups excluding tert-OH is 5. The molecule has 4 saturated carbocycles. The summed E-state index contributed by atoms with van der Waals surface area (Å²) in [5.74, 6) is -4.39. The second-order valence-electron chi connectivity index (χ2n) is 23.2. The molecular formula is C55H57N3O11. The predicted octanol–water partition coefficient (Wildman–Crippen LogP) is 6.13. The zero-order chi connectivity index (χ0) is 47.4. The standard InChI is InChI=1S/C55H57N3O11/c1-26-16-31-38(35(60)17-26)44(63)40-36-19-29-28(39(40)43(31)62)6-14-56-48(29)57-23-37(61)53-25-51(10-4-5-11-51)21-33(53)30-18-27(7-15-59)58-42(30)32-20-54(68-36)46(65)45(64)47(66)55(69-54)41(32)34(53)22-52(49(55)67)13-12-50(24-52)8-2-3-9-50/h6,14-20,33,37,45-47,49,58,60-61,64-67H,2-5,7-13,21-25H2,1H3,(H,56,57)/t33-,37-,45+,46+,47-,49+,52-,53+,54+,55-/m0/s1. The number of carbonyl (C=O) groups excluding carboxylic acids is 3. The lowest BCUT2D eigenvalue weighted by Crippen LogP contribution is -2.79. The highest BCUT2D eigenvalue weighted by molar-refractivity contribution is 6.34. The predicted molar refractivity (Wildman–Crippen MR) is 250 cm³/mol. The number of nitrogens with one attached hydrogen (secondary N) is 2. The number of aryl methyl sites for hydroxylation is 1. The number of anilines is 1. The Hall–Kier alpha value is -5.22. The minimum Gasteiger partial charge on any atom is -0.507 e. The molecule has 0 unspecified atom stereocenters. The second kappa shape index (κ2) is 13.8. The number of aromatic amines is 1. The van der Waals surface area contributed by atoms with Crippen LogP contribution in [-0.4, -0.2) is 107 Å². The van der Waals surface area contributed by atoms with E-state index in [4.69, 9.17) is 14.5 Å². The van der Waals surface area contributed by atoms with Crippen molar-refractivity contribution in [2.75, 3.05) is 11.9 Å². The average molecular weight is 936 g/mol. The number of ether oxygens (including phenoxy) is 2. The van der Waals surface area contributed by atoms with E-state index in [0.29, 0.717) is 70.4 Å². The van der Waals surface area contributed by atoms with Crippen LogP contribution in [0.4, 0.5) is 5.82 Å². The van der Waals surface area contributed by atoms with Gasteiger partial charge in [0.05, 0.1) is 23.3 Å². The molecule has 14 nitrogen and oxygen atoms in total. The van der Waals surface area contributed by atoms with Gasteiger partial charge in [0.2, 0.25) is 5.78 Å². The summed E-state index contributed by atoms with van der Waals surface area (Å²) in [6.45, 7) is 1.71. The fourth-order valence-electron chi connectivity index (χ4n) is 17.1. The van der Waals surface area contributed by atoms with Gasteiger partial charge < -0.3 is 55.2 Å². The minimum atomic E-state index is -2.46. The van der Waals surface area contributed by atoms with Crippen molar-refractivity contribution in [1.29, 1.82) is 0 Å². The van der Waals surface area contributed by atoms with Gasteiger partial charge in [-0.3, -0.25) is 9.59 Å². The van der Waals surface area contributed by atoms with Gasteiger partial charge in [0.25, 0.3) is 5.79 Å². The number of carbonyl (C=O) groups is 3. The SMILES string of the molecule is Cc1cc(O)c2c(c1)C(=O)c1c(c3cc4c(nccc14)NC[C@H](O)[C@]14CC5(CCCC5)C[C@H]1c1cc(CC=O)[nH]c1C1=C[C@@]5(O3)O[C@@]3(C1=C4C[C@]1(CCC4(CCCC4)C1)[C@H]3O)[C@@H](O)[C@H](O)[C@H]5O)C2=O. The number of aldehydes is 1. The van der Waals surface area contributed by atoms with Crippen LogP contribution in [0.5, 0.6) is 11.5 Å². The molecule has 11 aliphatic rings. The molecule has 4 aliphatic heterocycles. The van der Waals surface area contributed by atoms with Gasteiger partial charge in [-0.1, -0.05) is 31.3 Å². The number of aromatic hydroxyl groups is 1. The van der Waals surface area contributed by atoms with Crippen molar-refractivity contribution >= 4 is 40.0 Å². The summed E-state index contributed by atoms with van der Waals surface area (Å²) >= 11 is 0. The van der Waals surface area contributed by atoms with Gasteiger partial charge in [-0.2, -0.15) is 0 Å². The van der Waals surface area contributed by atoms with Crippen LogP contribution < -0.4 is 10.1 Å². The first-order chi connectivity index (χ1) is 33.1. The lowest BCUT2D eigenvalue weighted by Gasteiger charge is -2.64. The Morgan fingerprint density at radius 3 is 2.39 bits per heavy atom. The van der Waals surface area contributed by atoms with Crippen molar-refractivity contribution in [1.82, 2.24) is 9.97 Å². The third kappa shape index (κ3) is 5.17. The molecule has 10 atom stereocenters. The van der Waals surface area contributed by atoms with Crippen LogP contribution in [0.2, 0.25) is 0 Å². The maximum absolute atomic E-state index is 15.1. The van der Waals surface area contributed by atoms with E-state index in [1.165, 1.54) is 12.1 Å². The Kier molecular flexibility index (Phi) is 8.53. The lowest BCUT2D eigenvalue weighted by molar-refractivity contribution is -0.366. The Morgan fingerprint density at radius 1 is 0.855 bits per heavy atom. The third-order valence-corrected chi connectivity index (χ3v) is 19.7. The number of aromatic nitrogens is 2. The van der Waals surface area contributed by atoms with Crippen molar-refractivity contribution in [3.05, 3.63) is 98.5 Å². The van der Waals surface area contributed by atoms with Gasteiger partial charge in [0.15, 0.2) is 17.5 Å². The van der Waals surface area contributed by atoms with Crippen molar-refractivity contribution in [3.8, 4) is 11.5 Å². The summed E-state index contributed by atoms with van der Waals surface area (Å²) in [6.07, 6.45) is 7.48. The van der Waals surface area contributed by atoms with Gasteiger partial charge in [-0.25, -0.2) is 4.98 Å². The Balaban J connectivity index is 1.12. The van der Waals surface area contributed by atoms with Gasteiger partial charge in [0, 0.05) is 63.5 Å². The highest BCUT2D eigenvalue weighted by atomic mass is 16.7. The molecule has 8 N–H and O–H groups in total.